The van der Waals surface area contributed by atoms with Gasteiger partial charge >= 0.3 is 0 Å². The van der Waals surface area contributed by atoms with Gasteiger partial charge in [0.1, 0.15) is 0 Å². The molecule has 0 aliphatic carbocycles. The highest BCUT2D eigenvalue weighted by atomic mass is 14.1. The van der Waals surface area contributed by atoms with Gasteiger partial charge in [0.05, 0.1) is 0 Å². The van der Waals surface area contributed by atoms with Crippen molar-refractivity contribution in [2.24, 2.45) is 5.41 Å². The molecule has 0 saturated carbocycles. The quantitative estimate of drug-likeness (QED) is 0.646. The second kappa shape index (κ2) is 4.27. The molecule has 0 heteroatoms. The van der Waals surface area contributed by atoms with Gasteiger partial charge in [-0.2, -0.15) is 0 Å². The average molecular weight is 174 g/mol. The smallest absolute Gasteiger partial charge is 0.0174 e. The lowest BCUT2D eigenvalue weighted by molar-refractivity contribution is 0.464. The molecule has 0 saturated heterocycles. The summed E-state index contributed by atoms with van der Waals surface area (Å²) in [6.45, 7) is 6.73. The Kier molecular flexibility index (Phi) is 3.30. The zero-order chi connectivity index (χ0) is 9.73. The number of hydrogen-bond acceptors (Lipinski definition) is 0. The SMILES string of the molecule is CCC(C)(C)/C=C\c1ccccc1. The van der Waals surface area contributed by atoms with Gasteiger partial charge in [-0.3, -0.25) is 0 Å². The summed E-state index contributed by atoms with van der Waals surface area (Å²) < 4.78 is 0. The Bertz CT molecular complexity index is 267. The summed E-state index contributed by atoms with van der Waals surface area (Å²) in [6, 6.07) is 10.4. The molecule has 0 spiro atoms. The molecule has 13 heavy (non-hydrogen) atoms. The van der Waals surface area contributed by atoms with Gasteiger partial charge in [-0.05, 0) is 17.4 Å². The van der Waals surface area contributed by atoms with E-state index < -0.39 is 0 Å². The Morgan fingerprint density at radius 2 is 1.77 bits per heavy atom. The molecule has 0 atom stereocenters. The van der Waals surface area contributed by atoms with Crippen LogP contribution in [0.5, 0.6) is 0 Å². The summed E-state index contributed by atoms with van der Waals surface area (Å²) in [7, 11) is 0. The lowest BCUT2D eigenvalue weighted by Gasteiger charge is -2.16. The van der Waals surface area contributed by atoms with Gasteiger partial charge in [-0.15, -0.1) is 0 Å². The second-order valence-corrected chi connectivity index (χ2v) is 4.09. The van der Waals surface area contributed by atoms with E-state index in [4.69, 9.17) is 0 Å². The molecule has 0 aromatic heterocycles. The van der Waals surface area contributed by atoms with E-state index in [1.54, 1.807) is 0 Å². The van der Waals surface area contributed by atoms with Crippen LogP contribution in [0.2, 0.25) is 0 Å². The van der Waals surface area contributed by atoms with Crippen LogP contribution >= 0.6 is 0 Å². The molecule has 0 heterocycles. The molecule has 0 fully saturated rings. The molecule has 0 bridgehead atoms. The van der Waals surface area contributed by atoms with Crippen molar-refractivity contribution in [2.45, 2.75) is 27.2 Å². The number of allylic oxidation sites excluding steroid dienone is 1. The highest BCUT2D eigenvalue weighted by Gasteiger charge is 2.08. The Hall–Kier alpha value is -1.04. The van der Waals surface area contributed by atoms with Crippen molar-refractivity contribution >= 4 is 6.08 Å². The molecule has 0 N–H and O–H groups in total. The van der Waals surface area contributed by atoms with Gasteiger partial charge < -0.3 is 0 Å². The van der Waals surface area contributed by atoms with E-state index in [1.807, 2.05) is 6.07 Å². The van der Waals surface area contributed by atoms with Crippen LogP contribution in [0.1, 0.15) is 32.8 Å². The van der Waals surface area contributed by atoms with E-state index in [1.165, 1.54) is 12.0 Å². The molecule has 1 aromatic carbocycles. The van der Waals surface area contributed by atoms with Gasteiger partial charge in [0.25, 0.3) is 0 Å². The monoisotopic (exact) mass is 174 g/mol. The van der Waals surface area contributed by atoms with E-state index >= 15 is 0 Å². The minimum atomic E-state index is 0.315. The molecule has 1 aromatic rings. The number of hydrogen-bond donors (Lipinski definition) is 0. The number of benzene rings is 1. The fourth-order valence-electron chi connectivity index (χ4n) is 1.00. The van der Waals surface area contributed by atoms with Gasteiger partial charge in [0, 0.05) is 0 Å². The maximum absolute atomic E-state index is 2.28. The van der Waals surface area contributed by atoms with Gasteiger partial charge in [0.15, 0.2) is 0 Å². The summed E-state index contributed by atoms with van der Waals surface area (Å²) in [5.74, 6) is 0. The van der Waals surface area contributed by atoms with Crippen molar-refractivity contribution in [1.29, 1.82) is 0 Å². The van der Waals surface area contributed by atoms with Crippen LogP contribution in [0.25, 0.3) is 6.08 Å². The van der Waals surface area contributed by atoms with Crippen molar-refractivity contribution in [1.82, 2.24) is 0 Å². The first kappa shape index (κ1) is 10.0. The van der Waals surface area contributed by atoms with Crippen LogP contribution < -0.4 is 0 Å². The molecule has 0 aliphatic heterocycles. The normalized spacial score (nSPS) is 12.2. The summed E-state index contributed by atoms with van der Waals surface area (Å²) in [5.41, 5.74) is 1.60. The Labute approximate surface area is 81.3 Å². The van der Waals surface area contributed by atoms with Crippen molar-refractivity contribution in [3.63, 3.8) is 0 Å². The van der Waals surface area contributed by atoms with Crippen molar-refractivity contribution in [3.05, 3.63) is 42.0 Å². The largest absolute Gasteiger partial charge is 0.0783 e. The average Bonchev–Trinajstić information content (AvgIpc) is 2.17. The first-order chi connectivity index (χ1) is 6.14. The summed E-state index contributed by atoms with van der Waals surface area (Å²) >= 11 is 0. The lowest BCUT2D eigenvalue weighted by Crippen LogP contribution is -2.03. The van der Waals surface area contributed by atoms with Crippen molar-refractivity contribution in [3.8, 4) is 0 Å². The topological polar surface area (TPSA) is 0 Å². The minimum absolute atomic E-state index is 0.315. The second-order valence-electron chi connectivity index (χ2n) is 4.09. The Morgan fingerprint density at radius 1 is 1.15 bits per heavy atom. The third-order valence-electron chi connectivity index (χ3n) is 2.44. The standard InChI is InChI=1S/C13H18/c1-4-13(2,3)11-10-12-8-6-5-7-9-12/h5-11H,4H2,1-3H3/b11-10-. The Morgan fingerprint density at radius 3 is 2.31 bits per heavy atom. The molecule has 0 aliphatic rings. The third-order valence-corrected chi connectivity index (χ3v) is 2.44. The lowest BCUT2D eigenvalue weighted by atomic mass is 9.89. The van der Waals surface area contributed by atoms with Crippen LogP contribution in [0.4, 0.5) is 0 Å². The van der Waals surface area contributed by atoms with E-state index in [-0.39, 0.29) is 0 Å². The van der Waals surface area contributed by atoms with E-state index in [2.05, 4.69) is 57.2 Å². The fraction of sp³-hybridized carbons (Fsp3) is 0.385. The van der Waals surface area contributed by atoms with Crippen LogP contribution in [0.15, 0.2) is 36.4 Å². The zero-order valence-electron chi connectivity index (χ0n) is 8.75. The number of rotatable bonds is 3. The van der Waals surface area contributed by atoms with Crippen molar-refractivity contribution < 1.29 is 0 Å². The molecule has 1 rings (SSSR count). The fourth-order valence-corrected chi connectivity index (χ4v) is 1.00. The highest BCUT2D eigenvalue weighted by Crippen LogP contribution is 2.22. The van der Waals surface area contributed by atoms with Gasteiger partial charge in [-0.1, -0.05) is 63.3 Å². The highest BCUT2D eigenvalue weighted by molar-refractivity contribution is 5.49. The van der Waals surface area contributed by atoms with E-state index in [0.29, 0.717) is 5.41 Å². The third kappa shape index (κ3) is 3.45. The van der Waals surface area contributed by atoms with Crippen LogP contribution in [0.3, 0.4) is 0 Å². The molecular formula is C13H18. The van der Waals surface area contributed by atoms with Crippen LogP contribution in [-0.2, 0) is 0 Å². The Balaban J connectivity index is 2.69. The van der Waals surface area contributed by atoms with Crippen LogP contribution in [-0.4, -0.2) is 0 Å². The van der Waals surface area contributed by atoms with Crippen LogP contribution in [0, 0.1) is 5.41 Å². The minimum Gasteiger partial charge on any atom is -0.0783 e. The maximum atomic E-state index is 2.28. The molecular weight excluding hydrogens is 156 g/mol. The van der Waals surface area contributed by atoms with E-state index in [9.17, 15) is 0 Å². The predicted octanol–water partition coefficient (Wildman–Crippen LogP) is 4.14. The maximum Gasteiger partial charge on any atom is -0.0174 e. The first-order valence-electron chi connectivity index (χ1n) is 4.88. The molecule has 70 valence electrons. The molecule has 0 radical (unpaired) electrons. The van der Waals surface area contributed by atoms with Gasteiger partial charge in [-0.25, -0.2) is 0 Å². The molecule has 0 nitrogen and oxygen atoms in total. The van der Waals surface area contributed by atoms with Crippen molar-refractivity contribution in [2.75, 3.05) is 0 Å². The predicted molar refractivity (Wildman–Crippen MR) is 59.5 cm³/mol. The van der Waals surface area contributed by atoms with Gasteiger partial charge in [0.2, 0.25) is 0 Å². The summed E-state index contributed by atoms with van der Waals surface area (Å²) in [4.78, 5) is 0. The van der Waals surface area contributed by atoms with E-state index in [0.717, 1.165) is 0 Å². The zero-order valence-corrected chi connectivity index (χ0v) is 8.75. The molecule has 0 unspecified atom stereocenters. The summed E-state index contributed by atoms with van der Waals surface area (Å²) in [5, 5.41) is 0. The summed E-state index contributed by atoms with van der Waals surface area (Å²) in [6.07, 6.45) is 5.65. The molecule has 0 amide bonds. The first-order valence-corrected chi connectivity index (χ1v) is 4.88.